The minimum Gasteiger partial charge on any atom is -0.491 e. The average molecular weight is 286 g/mol. The van der Waals surface area contributed by atoms with Crippen molar-refractivity contribution in [2.45, 2.75) is 26.2 Å². The molecule has 0 aliphatic carbocycles. The van der Waals surface area contributed by atoms with Gasteiger partial charge in [-0.15, -0.1) is 0 Å². The lowest BCUT2D eigenvalue weighted by molar-refractivity contribution is 0.322. The van der Waals surface area contributed by atoms with E-state index in [9.17, 15) is 4.39 Å². The van der Waals surface area contributed by atoms with Crippen molar-refractivity contribution >= 4 is 23.1 Å². The molecule has 0 bridgehead atoms. The predicted molar refractivity (Wildman–Crippen MR) is 82.7 cm³/mol. The Balaban J connectivity index is 2.46. The van der Waals surface area contributed by atoms with E-state index in [4.69, 9.17) is 10.5 Å². The van der Waals surface area contributed by atoms with Gasteiger partial charge < -0.3 is 15.8 Å². The fraction of sp³-hybridized carbons (Fsp3) is 0.571. The summed E-state index contributed by atoms with van der Waals surface area (Å²) in [5, 5.41) is 3.24. The number of rotatable bonds is 9. The van der Waals surface area contributed by atoms with Crippen LogP contribution in [0.1, 0.15) is 26.2 Å². The maximum atomic E-state index is 13.5. The normalized spacial score (nSPS) is 10.5. The van der Waals surface area contributed by atoms with Gasteiger partial charge in [0.25, 0.3) is 0 Å². The number of halogens is 1. The van der Waals surface area contributed by atoms with Gasteiger partial charge in [0, 0.05) is 18.7 Å². The summed E-state index contributed by atoms with van der Waals surface area (Å²) in [5.74, 6) is 1.04. The molecule has 3 N–H and O–H groups in total. The summed E-state index contributed by atoms with van der Waals surface area (Å²) in [6.07, 6.45) is 5.62. The number of hydrogen-bond donors (Lipinski definition) is 2. The highest BCUT2D eigenvalue weighted by atomic mass is 32.2. The third kappa shape index (κ3) is 5.59. The summed E-state index contributed by atoms with van der Waals surface area (Å²) in [5.41, 5.74) is 6.95. The molecule has 0 aliphatic rings. The van der Waals surface area contributed by atoms with Crippen molar-refractivity contribution in [1.82, 2.24) is 0 Å². The van der Waals surface area contributed by atoms with Crippen molar-refractivity contribution in [1.29, 1.82) is 0 Å². The number of anilines is 2. The molecule has 0 atom stereocenters. The molecule has 1 aromatic rings. The van der Waals surface area contributed by atoms with Crippen LogP contribution in [0.15, 0.2) is 12.1 Å². The Morgan fingerprint density at radius 2 is 2.11 bits per heavy atom. The van der Waals surface area contributed by atoms with Gasteiger partial charge in [0.1, 0.15) is 0 Å². The van der Waals surface area contributed by atoms with E-state index in [0.717, 1.165) is 18.7 Å². The van der Waals surface area contributed by atoms with Gasteiger partial charge >= 0.3 is 0 Å². The molecule has 0 aromatic heterocycles. The molecule has 0 saturated heterocycles. The molecule has 0 fully saturated rings. The van der Waals surface area contributed by atoms with Crippen LogP contribution in [0.2, 0.25) is 0 Å². The quantitative estimate of drug-likeness (QED) is 0.536. The zero-order chi connectivity index (χ0) is 14.1. The lowest BCUT2D eigenvalue weighted by atomic mass is 10.2. The Hall–Kier alpha value is -1.10. The molecule has 1 rings (SSSR count). The summed E-state index contributed by atoms with van der Waals surface area (Å²) in [6.45, 7) is 3.11. The van der Waals surface area contributed by atoms with Crippen molar-refractivity contribution in [2.75, 3.05) is 36.2 Å². The summed E-state index contributed by atoms with van der Waals surface area (Å²) < 4.78 is 18.7. The second-order valence-corrected chi connectivity index (χ2v) is 5.27. The monoisotopic (exact) mass is 286 g/mol. The Labute approximate surface area is 119 Å². The second-order valence-electron chi connectivity index (χ2n) is 4.28. The maximum absolute atomic E-state index is 13.5. The van der Waals surface area contributed by atoms with Crippen molar-refractivity contribution < 1.29 is 9.13 Å². The van der Waals surface area contributed by atoms with E-state index in [1.165, 1.54) is 24.7 Å². The molecule has 0 saturated carbocycles. The highest BCUT2D eigenvalue weighted by Gasteiger charge is 2.08. The smallest absolute Gasteiger partial charge is 0.167 e. The number of thioether (sulfide) groups is 1. The van der Waals surface area contributed by atoms with E-state index in [1.54, 1.807) is 6.07 Å². The SMILES string of the molecule is CCOc1cc(NCCCCCSC)c(N)cc1F. The Morgan fingerprint density at radius 3 is 2.79 bits per heavy atom. The van der Waals surface area contributed by atoms with Crippen molar-refractivity contribution in [2.24, 2.45) is 0 Å². The van der Waals surface area contributed by atoms with Gasteiger partial charge in [-0.2, -0.15) is 11.8 Å². The van der Waals surface area contributed by atoms with Gasteiger partial charge in [-0.3, -0.25) is 0 Å². The first-order valence-corrected chi connectivity index (χ1v) is 8.03. The summed E-state index contributed by atoms with van der Waals surface area (Å²) in [4.78, 5) is 0. The number of nitrogen functional groups attached to an aromatic ring is 1. The van der Waals surface area contributed by atoms with E-state index in [-0.39, 0.29) is 5.75 Å². The van der Waals surface area contributed by atoms with E-state index >= 15 is 0 Å². The van der Waals surface area contributed by atoms with Crippen LogP contribution in [0.4, 0.5) is 15.8 Å². The molecule has 0 aliphatic heterocycles. The van der Waals surface area contributed by atoms with Gasteiger partial charge in [-0.05, 0) is 31.8 Å². The molecular weight excluding hydrogens is 263 g/mol. The van der Waals surface area contributed by atoms with Crippen LogP contribution in [0.25, 0.3) is 0 Å². The number of benzene rings is 1. The maximum Gasteiger partial charge on any atom is 0.167 e. The molecule has 3 nitrogen and oxygen atoms in total. The van der Waals surface area contributed by atoms with Crippen molar-refractivity contribution in [3.8, 4) is 5.75 Å². The molecule has 0 unspecified atom stereocenters. The molecule has 0 heterocycles. The Morgan fingerprint density at radius 1 is 1.32 bits per heavy atom. The van der Waals surface area contributed by atoms with Crippen LogP contribution in [-0.2, 0) is 0 Å². The number of ether oxygens (including phenoxy) is 1. The van der Waals surface area contributed by atoms with Gasteiger partial charge in [-0.25, -0.2) is 4.39 Å². The van der Waals surface area contributed by atoms with Crippen LogP contribution in [0, 0.1) is 5.82 Å². The van der Waals surface area contributed by atoms with Crippen LogP contribution >= 0.6 is 11.8 Å². The van der Waals surface area contributed by atoms with Crippen LogP contribution in [-0.4, -0.2) is 25.2 Å². The minimum absolute atomic E-state index is 0.251. The van der Waals surface area contributed by atoms with Gasteiger partial charge in [0.05, 0.1) is 18.0 Å². The Bertz CT molecular complexity index is 388. The molecule has 19 heavy (non-hydrogen) atoms. The van der Waals surface area contributed by atoms with Gasteiger partial charge in [-0.1, -0.05) is 6.42 Å². The van der Waals surface area contributed by atoms with Crippen molar-refractivity contribution in [3.63, 3.8) is 0 Å². The first-order chi connectivity index (χ1) is 9.19. The number of hydrogen-bond acceptors (Lipinski definition) is 4. The zero-order valence-electron chi connectivity index (χ0n) is 11.7. The largest absolute Gasteiger partial charge is 0.491 e. The highest BCUT2D eigenvalue weighted by Crippen LogP contribution is 2.28. The number of nitrogens with two attached hydrogens (primary N) is 1. The number of unbranched alkanes of at least 4 members (excludes halogenated alkanes) is 2. The lowest BCUT2D eigenvalue weighted by Gasteiger charge is -2.12. The molecule has 5 heteroatoms. The molecule has 1 aromatic carbocycles. The third-order valence-corrected chi connectivity index (χ3v) is 3.44. The fourth-order valence-corrected chi connectivity index (χ4v) is 2.25. The predicted octanol–water partition coefficient (Wildman–Crippen LogP) is 3.75. The first kappa shape index (κ1) is 16.0. The standard InChI is InChI=1S/C14H23FN2OS/c1-3-18-14-10-13(12(16)9-11(14)15)17-7-5-4-6-8-19-2/h9-10,17H,3-8,16H2,1-2H3. The molecule has 0 radical (unpaired) electrons. The fourth-order valence-electron chi connectivity index (χ4n) is 1.76. The van der Waals surface area contributed by atoms with Crippen molar-refractivity contribution in [3.05, 3.63) is 17.9 Å². The van der Waals surface area contributed by atoms with Crippen LogP contribution in [0.5, 0.6) is 5.75 Å². The molecule has 0 amide bonds. The Kier molecular flexibility index (Phi) is 7.48. The average Bonchev–Trinajstić information content (AvgIpc) is 2.38. The number of nitrogens with one attached hydrogen (secondary N) is 1. The van der Waals surface area contributed by atoms with E-state index in [1.807, 2.05) is 18.7 Å². The molecule has 108 valence electrons. The van der Waals surface area contributed by atoms with E-state index in [2.05, 4.69) is 11.6 Å². The third-order valence-electron chi connectivity index (χ3n) is 2.74. The highest BCUT2D eigenvalue weighted by molar-refractivity contribution is 7.98. The first-order valence-electron chi connectivity index (χ1n) is 6.63. The van der Waals surface area contributed by atoms with Crippen LogP contribution < -0.4 is 15.8 Å². The van der Waals surface area contributed by atoms with Gasteiger partial charge in [0.2, 0.25) is 0 Å². The minimum atomic E-state index is -0.412. The topological polar surface area (TPSA) is 47.3 Å². The lowest BCUT2D eigenvalue weighted by Crippen LogP contribution is -2.06. The summed E-state index contributed by atoms with van der Waals surface area (Å²) in [6, 6.07) is 2.94. The van der Waals surface area contributed by atoms with E-state index in [0.29, 0.717) is 12.3 Å². The van der Waals surface area contributed by atoms with Crippen LogP contribution in [0.3, 0.4) is 0 Å². The summed E-state index contributed by atoms with van der Waals surface area (Å²) in [7, 11) is 0. The summed E-state index contributed by atoms with van der Waals surface area (Å²) >= 11 is 1.87. The van der Waals surface area contributed by atoms with E-state index < -0.39 is 5.82 Å². The molecule has 0 spiro atoms. The second kappa shape index (κ2) is 8.91. The molecular formula is C14H23FN2OS. The van der Waals surface area contributed by atoms with Gasteiger partial charge in [0.15, 0.2) is 11.6 Å². The zero-order valence-corrected chi connectivity index (χ0v) is 12.5.